The number of anilines is 2. The van der Waals surface area contributed by atoms with Crippen molar-refractivity contribution in [3.63, 3.8) is 0 Å². The van der Waals surface area contributed by atoms with Crippen LogP contribution in [0.15, 0.2) is 24.3 Å². The van der Waals surface area contributed by atoms with Gasteiger partial charge in [0.15, 0.2) is 5.82 Å². The average Bonchev–Trinajstić information content (AvgIpc) is 3.51. The van der Waals surface area contributed by atoms with Crippen molar-refractivity contribution < 1.29 is 4.79 Å². The standard InChI is InChI=1S/C26H39N7OS/c1-18-9-11-20(12-10-18)22-23(29-26(3,4)5)33-24(28-22)35-25(30-33)31(6)17-21(34)27-14-13-19(2)32-15-7-8-16-32/h9-12,19,29H,7-8,13-17H2,1-6H3,(H,27,34). The summed E-state index contributed by atoms with van der Waals surface area (Å²) in [5.74, 6) is 0.884. The number of rotatable bonds is 9. The van der Waals surface area contributed by atoms with Crippen LogP contribution in [-0.4, -0.2) is 70.2 Å². The van der Waals surface area contributed by atoms with Crippen molar-refractivity contribution in [2.75, 3.05) is 43.4 Å². The molecule has 3 aromatic rings. The predicted octanol–water partition coefficient (Wildman–Crippen LogP) is 4.40. The van der Waals surface area contributed by atoms with Gasteiger partial charge >= 0.3 is 0 Å². The van der Waals surface area contributed by atoms with E-state index >= 15 is 0 Å². The van der Waals surface area contributed by atoms with E-state index in [2.05, 4.69) is 74.4 Å². The Balaban J connectivity index is 1.44. The van der Waals surface area contributed by atoms with Crippen molar-refractivity contribution in [2.24, 2.45) is 0 Å². The Morgan fingerprint density at radius 1 is 1.20 bits per heavy atom. The molecule has 1 aliphatic rings. The molecule has 1 fully saturated rings. The van der Waals surface area contributed by atoms with Crippen molar-refractivity contribution in [3.8, 4) is 11.3 Å². The van der Waals surface area contributed by atoms with E-state index in [1.54, 1.807) is 0 Å². The van der Waals surface area contributed by atoms with E-state index < -0.39 is 0 Å². The van der Waals surface area contributed by atoms with E-state index in [1.807, 2.05) is 16.5 Å². The average molecular weight is 498 g/mol. The van der Waals surface area contributed by atoms with Crippen molar-refractivity contribution in [2.45, 2.75) is 65.5 Å². The third kappa shape index (κ3) is 6.32. The number of carbonyl (C=O) groups is 1. The van der Waals surface area contributed by atoms with Gasteiger partial charge in [0.25, 0.3) is 0 Å². The number of aryl methyl sites for hydroxylation is 1. The van der Waals surface area contributed by atoms with Crippen LogP contribution in [0.25, 0.3) is 16.2 Å². The number of benzene rings is 1. The number of fused-ring (bicyclic) bond motifs is 1. The molecule has 1 aliphatic heterocycles. The minimum atomic E-state index is -0.156. The molecule has 3 heterocycles. The van der Waals surface area contributed by atoms with Gasteiger partial charge in [-0.25, -0.2) is 4.98 Å². The Morgan fingerprint density at radius 3 is 2.54 bits per heavy atom. The highest BCUT2D eigenvalue weighted by Crippen LogP contribution is 2.34. The van der Waals surface area contributed by atoms with Crippen LogP contribution in [0.1, 0.15) is 52.5 Å². The molecule has 1 amide bonds. The summed E-state index contributed by atoms with van der Waals surface area (Å²) < 4.78 is 1.87. The van der Waals surface area contributed by atoms with E-state index in [0.29, 0.717) is 12.6 Å². The highest BCUT2D eigenvalue weighted by Gasteiger charge is 2.23. The number of nitrogens with zero attached hydrogens (tertiary/aromatic N) is 5. The number of hydrogen-bond acceptors (Lipinski definition) is 7. The summed E-state index contributed by atoms with van der Waals surface area (Å²) in [7, 11) is 1.91. The Bertz CT molecular complexity index is 1140. The first-order valence-corrected chi connectivity index (χ1v) is 13.4. The second-order valence-electron chi connectivity index (χ2n) is 10.7. The minimum Gasteiger partial charge on any atom is -0.364 e. The fraction of sp³-hybridized carbons (Fsp3) is 0.577. The Morgan fingerprint density at radius 2 is 1.89 bits per heavy atom. The van der Waals surface area contributed by atoms with E-state index in [1.165, 1.54) is 42.8 Å². The second kappa shape index (κ2) is 10.5. The molecule has 1 saturated heterocycles. The summed E-state index contributed by atoms with van der Waals surface area (Å²) in [5.41, 5.74) is 3.00. The van der Waals surface area contributed by atoms with Crippen LogP contribution in [0.4, 0.5) is 10.9 Å². The molecule has 0 saturated carbocycles. The number of likely N-dealkylation sites (tertiary alicyclic amines) is 1. The third-order valence-electron chi connectivity index (χ3n) is 6.37. The van der Waals surface area contributed by atoms with Crippen LogP contribution < -0.4 is 15.5 Å². The van der Waals surface area contributed by atoms with Gasteiger partial charge in [0.2, 0.25) is 16.0 Å². The van der Waals surface area contributed by atoms with Gasteiger partial charge in [-0.15, -0.1) is 5.10 Å². The second-order valence-corrected chi connectivity index (χ2v) is 11.7. The summed E-state index contributed by atoms with van der Waals surface area (Å²) in [5, 5.41) is 12.2. The van der Waals surface area contributed by atoms with Crippen molar-refractivity contribution in [1.82, 2.24) is 24.8 Å². The lowest BCUT2D eigenvalue weighted by Gasteiger charge is -2.24. The molecule has 1 aromatic carbocycles. The lowest BCUT2D eigenvalue weighted by Crippen LogP contribution is -2.38. The van der Waals surface area contributed by atoms with Crippen molar-refractivity contribution >= 4 is 33.2 Å². The quantitative estimate of drug-likeness (QED) is 0.456. The monoisotopic (exact) mass is 497 g/mol. The summed E-state index contributed by atoms with van der Waals surface area (Å²) in [6.07, 6.45) is 3.56. The molecule has 190 valence electrons. The van der Waals surface area contributed by atoms with Crippen LogP contribution in [0.5, 0.6) is 0 Å². The molecular formula is C26H39N7OS. The zero-order chi connectivity index (χ0) is 25.2. The van der Waals surface area contributed by atoms with Crippen LogP contribution >= 0.6 is 11.3 Å². The highest BCUT2D eigenvalue weighted by atomic mass is 32.1. The summed E-state index contributed by atoms with van der Waals surface area (Å²) in [6.45, 7) is 14.0. The largest absolute Gasteiger partial charge is 0.364 e. The summed E-state index contributed by atoms with van der Waals surface area (Å²) in [4.78, 5) is 22.7. The predicted molar refractivity (Wildman–Crippen MR) is 146 cm³/mol. The number of aromatic nitrogens is 3. The molecule has 8 nitrogen and oxygen atoms in total. The topological polar surface area (TPSA) is 77.8 Å². The van der Waals surface area contributed by atoms with Gasteiger partial charge in [-0.2, -0.15) is 4.52 Å². The van der Waals surface area contributed by atoms with Gasteiger partial charge in [-0.1, -0.05) is 41.2 Å². The Kier molecular flexibility index (Phi) is 7.66. The maximum atomic E-state index is 12.6. The van der Waals surface area contributed by atoms with Crippen LogP contribution in [0.2, 0.25) is 0 Å². The molecule has 0 radical (unpaired) electrons. The molecule has 0 aliphatic carbocycles. The zero-order valence-electron chi connectivity index (χ0n) is 21.9. The lowest BCUT2D eigenvalue weighted by molar-refractivity contribution is -0.119. The highest BCUT2D eigenvalue weighted by molar-refractivity contribution is 7.20. The molecule has 0 spiro atoms. The molecule has 2 aromatic heterocycles. The van der Waals surface area contributed by atoms with Gasteiger partial charge in [0.05, 0.1) is 6.54 Å². The number of imidazole rings is 1. The summed E-state index contributed by atoms with van der Waals surface area (Å²) in [6, 6.07) is 8.90. The van der Waals surface area contributed by atoms with E-state index in [-0.39, 0.29) is 18.0 Å². The van der Waals surface area contributed by atoms with E-state index in [4.69, 9.17) is 10.1 Å². The molecular weight excluding hydrogens is 458 g/mol. The van der Waals surface area contributed by atoms with Gasteiger partial charge in [0.1, 0.15) is 5.69 Å². The Hall–Kier alpha value is -2.65. The number of nitrogens with one attached hydrogen (secondary N) is 2. The number of likely N-dealkylation sites (N-methyl/N-ethyl adjacent to an activating group) is 1. The fourth-order valence-corrected chi connectivity index (χ4v) is 5.26. The first-order valence-electron chi connectivity index (χ1n) is 12.6. The fourth-order valence-electron chi connectivity index (χ4n) is 4.40. The number of carbonyl (C=O) groups excluding carboxylic acids is 1. The van der Waals surface area contributed by atoms with Crippen molar-refractivity contribution in [1.29, 1.82) is 0 Å². The molecule has 9 heteroatoms. The molecule has 1 unspecified atom stereocenters. The van der Waals surface area contributed by atoms with Crippen LogP contribution in [-0.2, 0) is 4.79 Å². The third-order valence-corrected chi connectivity index (χ3v) is 7.39. The van der Waals surface area contributed by atoms with Gasteiger partial charge in [-0.3, -0.25) is 4.79 Å². The van der Waals surface area contributed by atoms with Crippen LogP contribution in [0.3, 0.4) is 0 Å². The van der Waals surface area contributed by atoms with Crippen molar-refractivity contribution in [3.05, 3.63) is 29.8 Å². The first-order chi connectivity index (χ1) is 16.6. The number of hydrogen-bond donors (Lipinski definition) is 2. The normalized spacial score (nSPS) is 15.5. The van der Waals surface area contributed by atoms with Gasteiger partial charge < -0.3 is 20.4 Å². The zero-order valence-corrected chi connectivity index (χ0v) is 22.7. The maximum Gasteiger partial charge on any atom is 0.239 e. The van der Waals surface area contributed by atoms with E-state index in [0.717, 1.165) is 33.6 Å². The molecule has 1 atom stereocenters. The molecule has 2 N–H and O–H groups in total. The van der Waals surface area contributed by atoms with E-state index in [9.17, 15) is 4.79 Å². The smallest absolute Gasteiger partial charge is 0.239 e. The number of amides is 1. The SMILES string of the molecule is Cc1ccc(-c2nc3sc(N(C)CC(=O)NCCC(C)N4CCCC4)nn3c2NC(C)(C)C)cc1. The first kappa shape index (κ1) is 25.4. The molecule has 0 bridgehead atoms. The molecule has 35 heavy (non-hydrogen) atoms. The van der Waals surface area contributed by atoms with Gasteiger partial charge in [-0.05, 0) is 67.0 Å². The maximum absolute atomic E-state index is 12.6. The van der Waals surface area contributed by atoms with Crippen LogP contribution in [0, 0.1) is 6.92 Å². The lowest BCUT2D eigenvalue weighted by atomic mass is 10.1. The molecule has 4 rings (SSSR count). The summed E-state index contributed by atoms with van der Waals surface area (Å²) >= 11 is 1.49. The van der Waals surface area contributed by atoms with Gasteiger partial charge in [0, 0.05) is 30.7 Å². The minimum absolute atomic E-state index is 0.0161. The Labute approximate surface area is 212 Å².